The van der Waals surface area contributed by atoms with Crippen molar-refractivity contribution in [3.05, 3.63) is 40.4 Å². The predicted molar refractivity (Wildman–Crippen MR) is 129 cm³/mol. The zero-order valence-electron chi connectivity index (χ0n) is 19.9. The highest BCUT2D eigenvalue weighted by molar-refractivity contribution is 6.30. The van der Waals surface area contributed by atoms with Crippen molar-refractivity contribution in [3.8, 4) is 0 Å². The molecule has 3 heterocycles. The molecule has 0 radical (unpaired) electrons. The van der Waals surface area contributed by atoms with Gasteiger partial charge in [0.25, 0.3) is 0 Å². The van der Waals surface area contributed by atoms with Crippen LogP contribution in [0, 0.1) is 17.8 Å². The molecule has 4 fully saturated rings. The van der Waals surface area contributed by atoms with Crippen LogP contribution < -0.4 is 16.4 Å². The van der Waals surface area contributed by atoms with Crippen LogP contribution >= 0.6 is 11.6 Å². The van der Waals surface area contributed by atoms with Crippen molar-refractivity contribution >= 4 is 29.5 Å². The molecular weight excluding hydrogens is 495 g/mol. The van der Waals surface area contributed by atoms with Crippen LogP contribution in [0.1, 0.15) is 43.2 Å². The van der Waals surface area contributed by atoms with E-state index < -0.39 is 11.7 Å². The third-order valence-corrected chi connectivity index (χ3v) is 8.34. The van der Waals surface area contributed by atoms with Crippen molar-refractivity contribution in [3.63, 3.8) is 0 Å². The second kappa shape index (κ2) is 10.3. The van der Waals surface area contributed by atoms with E-state index in [1.165, 1.54) is 18.2 Å². The molecular formula is C25H31ClF3N5O2. The first-order valence-electron chi connectivity index (χ1n) is 12.6. The van der Waals surface area contributed by atoms with E-state index in [-0.39, 0.29) is 34.4 Å². The van der Waals surface area contributed by atoms with Crippen LogP contribution in [0.5, 0.6) is 0 Å². The normalized spacial score (nSPS) is 30.8. The highest BCUT2D eigenvalue weighted by atomic mass is 35.5. The smallest absolute Gasteiger partial charge is 0.342 e. The summed E-state index contributed by atoms with van der Waals surface area (Å²) in [6.45, 7) is 2.62. The molecule has 3 saturated heterocycles. The average molecular weight is 526 g/mol. The van der Waals surface area contributed by atoms with Gasteiger partial charge in [-0.2, -0.15) is 18.7 Å². The summed E-state index contributed by atoms with van der Waals surface area (Å²) in [5.74, 6) is 0.810. The van der Waals surface area contributed by atoms with Crippen molar-refractivity contribution in [1.82, 2.24) is 26.2 Å². The maximum Gasteiger partial charge on any atom is 0.416 e. The third kappa shape index (κ3) is 5.56. The zero-order chi connectivity index (χ0) is 25.4. The first-order valence-corrected chi connectivity index (χ1v) is 12.9. The summed E-state index contributed by atoms with van der Waals surface area (Å²) in [5.41, 5.74) is 8.77. The third-order valence-electron chi connectivity index (χ3n) is 8.12. The van der Waals surface area contributed by atoms with Gasteiger partial charge in [-0.05, 0) is 73.8 Å². The van der Waals surface area contributed by atoms with Crippen LogP contribution in [0.4, 0.5) is 13.2 Å². The second-order valence-corrected chi connectivity index (χ2v) is 10.8. The fourth-order valence-electron chi connectivity index (χ4n) is 6.11. The van der Waals surface area contributed by atoms with Gasteiger partial charge >= 0.3 is 6.18 Å². The number of alkyl halides is 3. The fraction of sp³-hybridized carbons (Fsp3) is 0.600. The van der Waals surface area contributed by atoms with Crippen molar-refractivity contribution in [2.45, 2.75) is 50.4 Å². The Labute approximate surface area is 213 Å². The van der Waals surface area contributed by atoms with Gasteiger partial charge in [0.15, 0.2) is 0 Å². The standard InChI is InChI=1S/C25H31ClF3N5O2/c26-20-10-15(9-19(12-20)25(27,28)29)1-4-23(35)33-7-5-17-13-34(14-18(17)6-8-33)24(36)16-2-3-21-22(11-16)31-32-30-21/h1,4,9-10,12,16-18,21-22,30-32H,2-3,5-8,11,13-14H2/b4-1+/t16?,17-,18+,21?,22?. The lowest BCUT2D eigenvalue weighted by Crippen LogP contribution is -2.45. The molecule has 7 nitrogen and oxygen atoms in total. The van der Waals surface area contributed by atoms with Crippen molar-refractivity contribution < 1.29 is 22.8 Å². The summed E-state index contributed by atoms with van der Waals surface area (Å²) in [6.07, 6.45) is 2.53. The lowest BCUT2D eigenvalue weighted by molar-refractivity contribution is -0.137. The van der Waals surface area contributed by atoms with Crippen molar-refractivity contribution in [2.75, 3.05) is 26.2 Å². The maximum absolute atomic E-state index is 13.2. The first-order chi connectivity index (χ1) is 17.2. The van der Waals surface area contributed by atoms with Crippen molar-refractivity contribution in [1.29, 1.82) is 0 Å². The Morgan fingerprint density at radius 1 is 0.944 bits per heavy atom. The van der Waals surface area contributed by atoms with E-state index in [4.69, 9.17) is 11.6 Å². The number of benzene rings is 1. The minimum atomic E-state index is -4.50. The second-order valence-electron chi connectivity index (χ2n) is 10.4. The fourth-order valence-corrected chi connectivity index (χ4v) is 6.35. The van der Waals surface area contributed by atoms with Crippen LogP contribution in [0.25, 0.3) is 6.08 Å². The molecule has 3 aliphatic heterocycles. The molecule has 1 aromatic carbocycles. The quantitative estimate of drug-likeness (QED) is 0.528. The number of fused-ring (bicyclic) bond motifs is 2. The summed E-state index contributed by atoms with van der Waals surface area (Å²) in [6, 6.07) is 3.91. The van der Waals surface area contributed by atoms with E-state index in [0.29, 0.717) is 31.0 Å². The lowest BCUT2D eigenvalue weighted by Gasteiger charge is -2.32. The molecule has 11 heteroatoms. The van der Waals surface area contributed by atoms with Crippen LogP contribution in [0.2, 0.25) is 5.02 Å². The molecule has 5 atom stereocenters. The largest absolute Gasteiger partial charge is 0.416 e. The number of hydrogen-bond acceptors (Lipinski definition) is 5. The molecule has 3 N–H and O–H groups in total. The number of nitrogens with zero attached hydrogens (tertiary/aromatic N) is 2. The molecule has 0 bridgehead atoms. The number of carbonyl (C=O) groups is 2. The van der Waals surface area contributed by atoms with E-state index in [1.807, 2.05) is 4.90 Å². The van der Waals surface area contributed by atoms with Gasteiger partial charge in [-0.15, -0.1) is 0 Å². The lowest BCUT2D eigenvalue weighted by atomic mass is 9.82. The topological polar surface area (TPSA) is 76.7 Å². The number of halogens is 4. The Balaban J connectivity index is 1.14. The van der Waals surface area contributed by atoms with Gasteiger partial charge in [-0.25, -0.2) is 10.9 Å². The average Bonchev–Trinajstić information content (AvgIpc) is 3.43. The summed E-state index contributed by atoms with van der Waals surface area (Å²) in [5, 5.41) is -0.0282. The summed E-state index contributed by atoms with van der Waals surface area (Å²) in [7, 11) is 0. The minimum Gasteiger partial charge on any atom is -0.342 e. The van der Waals surface area contributed by atoms with E-state index in [1.54, 1.807) is 4.90 Å². The highest BCUT2D eigenvalue weighted by Crippen LogP contribution is 2.35. The van der Waals surface area contributed by atoms with Crippen LogP contribution in [0.15, 0.2) is 24.3 Å². The number of nitrogens with one attached hydrogen (secondary N) is 3. The molecule has 5 rings (SSSR count). The number of likely N-dealkylation sites (tertiary alicyclic amines) is 2. The predicted octanol–water partition coefficient (Wildman–Crippen LogP) is 3.22. The molecule has 1 aromatic rings. The molecule has 3 unspecified atom stereocenters. The highest BCUT2D eigenvalue weighted by Gasteiger charge is 2.42. The monoisotopic (exact) mass is 525 g/mol. The maximum atomic E-state index is 13.2. The molecule has 2 amide bonds. The number of amides is 2. The van der Waals surface area contributed by atoms with Gasteiger partial charge in [0, 0.05) is 55.3 Å². The van der Waals surface area contributed by atoms with Gasteiger partial charge in [0.05, 0.1) is 5.56 Å². The van der Waals surface area contributed by atoms with Gasteiger partial charge < -0.3 is 9.80 Å². The Bertz CT molecular complexity index is 1020. The Kier molecular flexibility index (Phi) is 7.31. The zero-order valence-corrected chi connectivity index (χ0v) is 20.6. The summed E-state index contributed by atoms with van der Waals surface area (Å²) in [4.78, 5) is 29.8. The molecule has 1 aliphatic carbocycles. The SMILES string of the molecule is O=C(/C=C/c1cc(Cl)cc(C(F)(F)F)c1)N1CC[C@@H]2CN(C(=O)C3CCC4NNNC4C3)C[C@@H]2CC1. The van der Waals surface area contributed by atoms with E-state index in [9.17, 15) is 22.8 Å². The molecule has 196 valence electrons. The number of rotatable bonds is 3. The first kappa shape index (κ1) is 25.5. The molecule has 4 aliphatic rings. The molecule has 0 spiro atoms. The van der Waals surface area contributed by atoms with Gasteiger partial charge in [-0.1, -0.05) is 11.6 Å². The summed E-state index contributed by atoms with van der Waals surface area (Å²) >= 11 is 5.84. The molecule has 0 aromatic heterocycles. The van der Waals surface area contributed by atoms with Gasteiger partial charge in [0.1, 0.15) is 0 Å². The Morgan fingerprint density at radius 2 is 1.64 bits per heavy atom. The Hall–Kier alpha value is -2.14. The van der Waals surface area contributed by atoms with E-state index in [0.717, 1.165) is 57.3 Å². The minimum absolute atomic E-state index is 0.0282. The number of carbonyl (C=O) groups excluding carboxylic acids is 2. The van der Waals surface area contributed by atoms with Gasteiger partial charge in [-0.3, -0.25) is 9.59 Å². The summed E-state index contributed by atoms with van der Waals surface area (Å²) < 4.78 is 39.1. The van der Waals surface area contributed by atoms with Gasteiger partial charge in [0.2, 0.25) is 11.8 Å². The van der Waals surface area contributed by atoms with E-state index >= 15 is 0 Å². The number of hydrogen-bond donors (Lipinski definition) is 3. The molecule has 36 heavy (non-hydrogen) atoms. The molecule has 1 saturated carbocycles. The van der Waals surface area contributed by atoms with Crippen LogP contribution in [-0.4, -0.2) is 59.9 Å². The number of hydrazine groups is 2. The van der Waals surface area contributed by atoms with Crippen LogP contribution in [-0.2, 0) is 15.8 Å². The Morgan fingerprint density at radius 3 is 2.33 bits per heavy atom. The van der Waals surface area contributed by atoms with Crippen LogP contribution in [0.3, 0.4) is 0 Å². The van der Waals surface area contributed by atoms with E-state index in [2.05, 4.69) is 16.4 Å². The van der Waals surface area contributed by atoms with Crippen molar-refractivity contribution in [2.24, 2.45) is 17.8 Å².